The Labute approximate surface area is 264 Å². The van der Waals surface area contributed by atoms with E-state index in [9.17, 15) is 19.2 Å². The van der Waals surface area contributed by atoms with Gasteiger partial charge in [0.05, 0.1) is 41.2 Å². The van der Waals surface area contributed by atoms with Crippen LogP contribution < -0.4 is 10.6 Å². The molecule has 1 unspecified atom stereocenters. The number of hydrogen-bond donors (Lipinski definition) is 2. The van der Waals surface area contributed by atoms with E-state index in [1.807, 2.05) is 0 Å². The van der Waals surface area contributed by atoms with Crippen LogP contribution in [-0.2, 0) is 25.5 Å². The van der Waals surface area contributed by atoms with Gasteiger partial charge in [-0.2, -0.15) is 0 Å². The average molecular weight is 627 g/mol. The fourth-order valence-electron chi connectivity index (χ4n) is 5.59. The van der Waals surface area contributed by atoms with Crippen molar-refractivity contribution in [3.05, 3.63) is 82.9 Å². The van der Waals surface area contributed by atoms with Crippen molar-refractivity contribution in [2.24, 2.45) is 0 Å². The van der Waals surface area contributed by atoms with E-state index in [0.29, 0.717) is 38.7 Å². The summed E-state index contributed by atoms with van der Waals surface area (Å²) in [7, 11) is 0. The van der Waals surface area contributed by atoms with Crippen molar-refractivity contribution >= 4 is 50.9 Å². The molecule has 2 aliphatic heterocycles. The molecule has 3 aromatic carbocycles. The lowest BCUT2D eigenvalue weighted by molar-refractivity contribution is -0.136. The third-order valence-corrected chi connectivity index (χ3v) is 8.97. The van der Waals surface area contributed by atoms with Crippen molar-refractivity contribution in [3.8, 4) is 10.6 Å². The summed E-state index contributed by atoms with van der Waals surface area (Å²) < 4.78 is 12.6. The van der Waals surface area contributed by atoms with Crippen molar-refractivity contribution in [3.63, 3.8) is 0 Å². The fourth-order valence-corrected chi connectivity index (χ4v) is 6.66. The van der Waals surface area contributed by atoms with Gasteiger partial charge in [-0.15, -0.1) is 11.3 Å². The van der Waals surface area contributed by atoms with Gasteiger partial charge in [0.15, 0.2) is 0 Å². The van der Waals surface area contributed by atoms with Gasteiger partial charge in [0.2, 0.25) is 11.8 Å². The Morgan fingerprint density at radius 1 is 0.956 bits per heavy atom. The number of carbonyl (C=O) groups excluding carboxylic acids is 4. The lowest BCUT2D eigenvalue weighted by Gasteiger charge is -2.27. The van der Waals surface area contributed by atoms with Gasteiger partial charge in [-0.1, -0.05) is 36.4 Å². The second-order valence-electron chi connectivity index (χ2n) is 11.1. The molecule has 10 nitrogen and oxygen atoms in total. The first-order valence-corrected chi connectivity index (χ1v) is 15.9. The minimum Gasteiger partial charge on any atom is -0.382 e. The molecule has 0 saturated carbocycles. The third kappa shape index (κ3) is 6.80. The Morgan fingerprint density at radius 3 is 2.56 bits per heavy atom. The summed E-state index contributed by atoms with van der Waals surface area (Å²) >= 11 is 1.72. The minimum absolute atomic E-state index is 0.0794. The number of nitrogens with zero attached hydrogens (tertiary/aromatic N) is 2. The van der Waals surface area contributed by atoms with E-state index in [-0.39, 0.29) is 24.0 Å². The molecule has 6 rings (SSSR count). The van der Waals surface area contributed by atoms with Crippen molar-refractivity contribution in [1.82, 2.24) is 15.2 Å². The quantitative estimate of drug-likeness (QED) is 0.161. The molecule has 0 aliphatic carbocycles. The third-order valence-electron chi connectivity index (χ3n) is 7.90. The van der Waals surface area contributed by atoms with E-state index in [1.54, 1.807) is 29.5 Å². The summed E-state index contributed by atoms with van der Waals surface area (Å²) in [5.41, 5.74) is 5.64. The lowest BCUT2D eigenvalue weighted by atomic mass is 10.0. The molecule has 4 aromatic rings. The highest BCUT2D eigenvalue weighted by atomic mass is 32.1. The van der Waals surface area contributed by atoms with Crippen molar-refractivity contribution < 1.29 is 28.7 Å². The Hall–Kier alpha value is -4.45. The van der Waals surface area contributed by atoms with Crippen LogP contribution in [0.3, 0.4) is 0 Å². The van der Waals surface area contributed by atoms with Crippen LogP contribution in [0.1, 0.15) is 51.1 Å². The van der Waals surface area contributed by atoms with Crippen LogP contribution in [0.4, 0.5) is 5.69 Å². The summed E-state index contributed by atoms with van der Waals surface area (Å²) in [6, 6.07) is 18.9. The Kier molecular flexibility index (Phi) is 9.29. The van der Waals surface area contributed by atoms with Gasteiger partial charge in [-0.3, -0.25) is 29.4 Å². The number of rotatable bonds is 13. The molecule has 11 heteroatoms. The summed E-state index contributed by atoms with van der Waals surface area (Å²) in [5.74, 6) is -2.10. The normalized spacial score (nSPS) is 16.4. The first-order valence-electron chi connectivity index (χ1n) is 15.1. The molecule has 0 radical (unpaired) electrons. The van der Waals surface area contributed by atoms with E-state index in [4.69, 9.17) is 14.5 Å². The summed E-state index contributed by atoms with van der Waals surface area (Å²) in [5, 5.41) is 6.41. The molecular formula is C34H34N4O6S. The highest BCUT2D eigenvalue weighted by Crippen LogP contribution is 2.33. The standard InChI is InChI=1S/C34H34N4O6S/c1-21-7-12-25-28(20-21)45-32(36-25)23-10-8-22(9-11-23)4-3-16-43-18-19-44-17-15-35-26-6-2-5-24-30(26)34(42)38(33(24)41)27-13-14-29(39)37-31(27)40/h2,5-12,20,27,35H,3-4,13-19H2,1H3,(H,37,39,40). The number of hydrogen-bond acceptors (Lipinski definition) is 9. The van der Waals surface area contributed by atoms with Gasteiger partial charge in [-0.25, -0.2) is 4.98 Å². The highest BCUT2D eigenvalue weighted by Gasteiger charge is 2.45. The maximum Gasteiger partial charge on any atom is 0.264 e. The number of aryl methyl sites for hydroxylation is 2. The Bertz CT molecular complexity index is 1750. The first kappa shape index (κ1) is 30.6. The number of amides is 4. The van der Waals surface area contributed by atoms with E-state index in [1.165, 1.54) is 15.8 Å². The molecule has 1 aromatic heterocycles. The smallest absolute Gasteiger partial charge is 0.264 e. The number of aromatic nitrogens is 1. The van der Waals surface area contributed by atoms with Crippen molar-refractivity contribution in [2.75, 3.05) is 38.3 Å². The number of fused-ring (bicyclic) bond motifs is 2. The Balaban J connectivity index is 0.877. The lowest BCUT2D eigenvalue weighted by Crippen LogP contribution is -2.54. The number of anilines is 1. The molecule has 3 heterocycles. The zero-order valence-electron chi connectivity index (χ0n) is 25.0. The van der Waals surface area contributed by atoms with Gasteiger partial charge in [-0.05, 0) is 61.6 Å². The SMILES string of the molecule is Cc1ccc2nc(-c3ccc(CCCOCCOCCNc4cccc5c4C(=O)N(C4CCC(=O)NC4=O)C5=O)cc3)sc2c1. The zero-order valence-corrected chi connectivity index (χ0v) is 25.8. The van der Waals surface area contributed by atoms with Crippen LogP contribution in [0.5, 0.6) is 0 Å². The second kappa shape index (κ2) is 13.7. The van der Waals surface area contributed by atoms with Gasteiger partial charge >= 0.3 is 0 Å². The molecule has 45 heavy (non-hydrogen) atoms. The number of nitrogens with one attached hydrogen (secondary N) is 2. The van der Waals surface area contributed by atoms with Gasteiger partial charge in [0.25, 0.3) is 11.8 Å². The average Bonchev–Trinajstić information content (AvgIpc) is 3.56. The van der Waals surface area contributed by atoms with E-state index in [2.05, 4.69) is 60.0 Å². The predicted octanol–water partition coefficient (Wildman–Crippen LogP) is 4.75. The van der Waals surface area contributed by atoms with E-state index >= 15 is 0 Å². The summed E-state index contributed by atoms with van der Waals surface area (Å²) in [6.45, 7) is 4.45. The predicted molar refractivity (Wildman–Crippen MR) is 171 cm³/mol. The molecule has 1 saturated heterocycles. The van der Waals surface area contributed by atoms with E-state index in [0.717, 1.165) is 33.8 Å². The molecule has 232 valence electrons. The van der Waals surface area contributed by atoms with Gasteiger partial charge < -0.3 is 14.8 Å². The van der Waals surface area contributed by atoms with Crippen LogP contribution in [0, 0.1) is 6.92 Å². The van der Waals surface area contributed by atoms with Crippen LogP contribution >= 0.6 is 11.3 Å². The van der Waals surface area contributed by atoms with Crippen LogP contribution in [0.15, 0.2) is 60.7 Å². The molecule has 0 bridgehead atoms. The molecular weight excluding hydrogens is 592 g/mol. The Morgan fingerprint density at radius 2 is 1.76 bits per heavy atom. The molecule has 2 N–H and O–H groups in total. The van der Waals surface area contributed by atoms with Gasteiger partial charge in [0.1, 0.15) is 11.0 Å². The molecule has 1 fully saturated rings. The maximum absolute atomic E-state index is 13.2. The van der Waals surface area contributed by atoms with Gasteiger partial charge in [0, 0.05) is 30.8 Å². The molecule has 4 amide bonds. The molecule has 0 spiro atoms. The largest absolute Gasteiger partial charge is 0.382 e. The van der Waals surface area contributed by atoms with Crippen LogP contribution in [-0.4, -0.2) is 72.5 Å². The van der Waals surface area contributed by atoms with Crippen molar-refractivity contribution in [2.45, 2.75) is 38.6 Å². The number of piperidine rings is 1. The van der Waals surface area contributed by atoms with E-state index < -0.39 is 29.7 Å². The van der Waals surface area contributed by atoms with Crippen LogP contribution in [0.2, 0.25) is 0 Å². The minimum atomic E-state index is -0.994. The van der Waals surface area contributed by atoms with Crippen LogP contribution in [0.25, 0.3) is 20.8 Å². The first-order chi connectivity index (χ1) is 21.9. The summed E-state index contributed by atoms with van der Waals surface area (Å²) in [6.07, 6.45) is 2.03. The number of thiazole rings is 1. The number of benzene rings is 3. The second-order valence-corrected chi connectivity index (χ2v) is 12.1. The highest BCUT2D eigenvalue weighted by molar-refractivity contribution is 7.21. The number of imide groups is 2. The summed E-state index contributed by atoms with van der Waals surface area (Å²) in [4.78, 5) is 55.7. The van der Waals surface area contributed by atoms with Crippen molar-refractivity contribution in [1.29, 1.82) is 0 Å². The fraction of sp³-hybridized carbons (Fsp3) is 0.324. The topological polar surface area (TPSA) is 127 Å². The maximum atomic E-state index is 13.2. The number of ether oxygens (including phenoxy) is 2. The zero-order chi connectivity index (χ0) is 31.3. The monoisotopic (exact) mass is 626 g/mol. The molecule has 1 atom stereocenters. The molecule has 2 aliphatic rings. The number of carbonyl (C=O) groups is 4.